The van der Waals surface area contributed by atoms with Crippen molar-refractivity contribution >= 4 is 0 Å². The summed E-state index contributed by atoms with van der Waals surface area (Å²) < 4.78 is 11.4. The van der Waals surface area contributed by atoms with Gasteiger partial charge in [0.05, 0.1) is 6.61 Å². The van der Waals surface area contributed by atoms with Gasteiger partial charge in [0.15, 0.2) is 0 Å². The van der Waals surface area contributed by atoms with Crippen LogP contribution in [-0.2, 0) is 29.8 Å². The number of ether oxygens (including phenoxy) is 2. The quantitative estimate of drug-likeness (QED) is 0.293. The molecule has 0 bridgehead atoms. The van der Waals surface area contributed by atoms with Crippen molar-refractivity contribution in [3.05, 3.63) is 101 Å². The molecule has 1 saturated heterocycles. The first-order chi connectivity index (χ1) is 17.9. The average Bonchev–Trinajstić information content (AvgIpc) is 2.91. The maximum absolute atomic E-state index is 5.98. The van der Waals surface area contributed by atoms with Gasteiger partial charge < -0.3 is 9.47 Å². The van der Waals surface area contributed by atoms with Crippen LogP contribution in [0.5, 0.6) is 5.75 Å². The summed E-state index contributed by atoms with van der Waals surface area (Å²) in [5.74, 6) is 0.917. The van der Waals surface area contributed by atoms with Gasteiger partial charge in [-0.3, -0.25) is 9.80 Å². The molecule has 0 unspecified atom stereocenters. The first-order valence-corrected chi connectivity index (χ1v) is 13.7. The van der Waals surface area contributed by atoms with Crippen LogP contribution < -0.4 is 4.74 Å². The molecule has 1 fully saturated rings. The topological polar surface area (TPSA) is 24.9 Å². The van der Waals surface area contributed by atoms with E-state index in [1.807, 2.05) is 18.2 Å². The molecule has 0 aromatic heterocycles. The summed E-state index contributed by atoms with van der Waals surface area (Å²) in [6.45, 7) is 13.4. The second-order valence-electron chi connectivity index (χ2n) is 11.3. The van der Waals surface area contributed by atoms with Crippen molar-refractivity contribution in [1.29, 1.82) is 0 Å². The van der Waals surface area contributed by atoms with E-state index in [1.54, 1.807) is 7.11 Å². The number of likely N-dealkylation sites (tertiary alicyclic amines) is 1. The molecule has 0 spiro atoms. The van der Waals surface area contributed by atoms with E-state index in [-0.39, 0.29) is 5.41 Å². The predicted molar refractivity (Wildman–Crippen MR) is 153 cm³/mol. The van der Waals surface area contributed by atoms with Gasteiger partial charge in [-0.1, -0.05) is 87.5 Å². The minimum Gasteiger partial charge on any atom is -0.489 e. The predicted octanol–water partition coefficient (Wildman–Crippen LogP) is 6.68. The zero-order valence-electron chi connectivity index (χ0n) is 23.2. The summed E-state index contributed by atoms with van der Waals surface area (Å²) in [4.78, 5) is 5.22. The van der Waals surface area contributed by atoms with E-state index in [0.717, 1.165) is 45.1 Å². The number of piperidine rings is 1. The molecule has 0 N–H and O–H groups in total. The lowest BCUT2D eigenvalue weighted by molar-refractivity contribution is 0.0717. The van der Waals surface area contributed by atoms with E-state index in [4.69, 9.17) is 9.47 Å². The van der Waals surface area contributed by atoms with Crippen molar-refractivity contribution < 1.29 is 9.47 Å². The van der Waals surface area contributed by atoms with Gasteiger partial charge in [0.1, 0.15) is 12.4 Å². The van der Waals surface area contributed by atoms with Crippen molar-refractivity contribution in [2.45, 2.75) is 64.8 Å². The van der Waals surface area contributed by atoms with Crippen LogP contribution in [0.4, 0.5) is 0 Å². The Morgan fingerprint density at radius 3 is 2.08 bits per heavy atom. The molecule has 1 heterocycles. The molecule has 3 aromatic rings. The Kier molecular flexibility index (Phi) is 9.79. The minimum absolute atomic E-state index is 0.206. The average molecular weight is 501 g/mol. The van der Waals surface area contributed by atoms with E-state index >= 15 is 0 Å². The number of hydrogen-bond acceptors (Lipinski definition) is 4. The summed E-state index contributed by atoms with van der Waals surface area (Å²) in [6.07, 6.45) is 2.39. The maximum atomic E-state index is 5.98. The van der Waals surface area contributed by atoms with Gasteiger partial charge in [-0.05, 0) is 65.7 Å². The Bertz CT molecular complexity index is 1050. The number of rotatable bonds is 11. The van der Waals surface area contributed by atoms with Gasteiger partial charge >= 0.3 is 0 Å². The van der Waals surface area contributed by atoms with Crippen LogP contribution in [0.3, 0.4) is 0 Å². The van der Waals surface area contributed by atoms with E-state index < -0.39 is 0 Å². The summed E-state index contributed by atoms with van der Waals surface area (Å²) >= 11 is 0. The lowest BCUT2D eigenvalue weighted by Gasteiger charge is -2.38. The molecule has 37 heavy (non-hydrogen) atoms. The third kappa shape index (κ3) is 8.43. The standard InChI is InChI=1S/C33H44N2O2/c1-33(2,3)30-14-10-27(11-15-30)24-34-20-18-31(19-21-34)35(22-23-36-4)25-28-12-16-32(17-13-28)37-26-29-8-6-5-7-9-29/h5-17,31H,18-26H2,1-4H3. The Labute approximate surface area is 224 Å². The molecule has 0 radical (unpaired) electrons. The molecule has 4 rings (SSSR count). The van der Waals surface area contributed by atoms with E-state index in [1.165, 1.54) is 35.1 Å². The van der Waals surface area contributed by atoms with Gasteiger partial charge in [-0.2, -0.15) is 0 Å². The molecular formula is C33H44N2O2. The first-order valence-electron chi connectivity index (χ1n) is 13.7. The number of nitrogens with zero attached hydrogens (tertiary/aromatic N) is 2. The van der Waals surface area contributed by atoms with Crippen molar-refractivity contribution in [1.82, 2.24) is 9.80 Å². The maximum Gasteiger partial charge on any atom is 0.119 e. The first kappa shape index (κ1) is 27.4. The van der Waals surface area contributed by atoms with Gasteiger partial charge in [0, 0.05) is 32.8 Å². The molecule has 0 aliphatic carbocycles. The molecule has 1 aliphatic heterocycles. The summed E-state index contributed by atoms with van der Waals surface area (Å²) in [5, 5.41) is 0. The Balaban J connectivity index is 1.28. The smallest absolute Gasteiger partial charge is 0.119 e. The molecule has 4 heteroatoms. The second-order valence-corrected chi connectivity index (χ2v) is 11.3. The summed E-state index contributed by atoms with van der Waals surface area (Å²) in [5.41, 5.74) is 5.53. The number of methoxy groups -OCH3 is 1. The van der Waals surface area contributed by atoms with Crippen LogP contribution in [0.15, 0.2) is 78.9 Å². The number of hydrogen-bond donors (Lipinski definition) is 0. The number of benzene rings is 3. The molecule has 0 amide bonds. The van der Waals surface area contributed by atoms with E-state index in [0.29, 0.717) is 12.6 Å². The Morgan fingerprint density at radius 2 is 1.46 bits per heavy atom. The highest BCUT2D eigenvalue weighted by Gasteiger charge is 2.25. The van der Waals surface area contributed by atoms with Gasteiger partial charge in [-0.15, -0.1) is 0 Å². The fourth-order valence-electron chi connectivity index (χ4n) is 5.08. The van der Waals surface area contributed by atoms with Gasteiger partial charge in [0.2, 0.25) is 0 Å². The zero-order valence-corrected chi connectivity index (χ0v) is 23.2. The SMILES string of the molecule is COCCN(Cc1ccc(OCc2ccccc2)cc1)C1CCN(Cc2ccc(C(C)(C)C)cc2)CC1. The van der Waals surface area contributed by atoms with Crippen molar-refractivity contribution in [2.75, 3.05) is 33.4 Å². The minimum atomic E-state index is 0.206. The molecule has 0 atom stereocenters. The Hall–Kier alpha value is -2.66. The van der Waals surface area contributed by atoms with Crippen LogP contribution in [0.1, 0.15) is 55.9 Å². The van der Waals surface area contributed by atoms with Crippen molar-refractivity contribution in [2.24, 2.45) is 0 Å². The largest absolute Gasteiger partial charge is 0.489 e. The molecule has 198 valence electrons. The fraction of sp³-hybridized carbons (Fsp3) is 0.455. The molecule has 0 saturated carbocycles. The summed E-state index contributed by atoms with van der Waals surface area (Å²) in [7, 11) is 1.80. The molecule has 1 aliphatic rings. The third-order valence-corrected chi connectivity index (χ3v) is 7.44. The molecular weight excluding hydrogens is 456 g/mol. The van der Waals surface area contributed by atoms with Crippen LogP contribution in [0.2, 0.25) is 0 Å². The third-order valence-electron chi connectivity index (χ3n) is 7.44. The second kappa shape index (κ2) is 13.2. The van der Waals surface area contributed by atoms with Crippen LogP contribution in [0.25, 0.3) is 0 Å². The van der Waals surface area contributed by atoms with E-state index in [9.17, 15) is 0 Å². The lowest BCUT2D eigenvalue weighted by atomic mass is 9.86. The zero-order chi connectivity index (χ0) is 26.1. The van der Waals surface area contributed by atoms with Crippen molar-refractivity contribution in [3.63, 3.8) is 0 Å². The van der Waals surface area contributed by atoms with Gasteiger partial charge in [-0.25, -0.2) is 0 Å². The fourth-order valence-corrected chi connectivity index (χ4v) is 5.08. The highest BCUT2D eigenvalue weighted by atomic mass is 16.5. The van der Waals surface area contributed by atoms with Crippen LogP contribution >= 0.6 is 0 Å². The monoisotopic (exact) mass is 500 g/mol. The summed E-state index contributed by atoms with van der Waals surface area (Å²) in [6, 6.07) is 28.7. The highest BCUT2D eigenvalue weighted by molar-refractivity contribution is 5.29. The van der Waals surface area contributed by atoms with Crippen LogP contribution in [-0.4, -0.2) is 49.2 Å². The highest BCUT2D eigenvalue weighted by Crippen LogP contribution is 2.24. The van der Waals surface area contributed by atoms with Gasteiger partial charge in [0.25, 0.3) is 0 Å². The lowest BCUT2D eigenvalue weighted by Crippen LogP contribution is -2.45. The molecule has 3 aromatic carbocycles. The Morgan fingerprint density at radius 1 is 0.811 bits per heavy atom. The van der Waals surface area contributed by atoms with E-state index in [2.05, 4.69) is 91.2 Å². The van der Waals surface area contributed by atoms with Crippen LogP contribution in [0, 0.1) is 0 Å². The normalized spacial score (nSPS) is 15.3. The molecule has 4 nitrogen and oxygen atoms in total. The van der Waals surface area contributed by atoms with Crippen molar-refractivity contribution in [3.8, 4) is 5.75 Å².